The van der Waals surface area contributed by atoms with Crippen molar-refractivity contribution in [3.05, 3.63) is 63.6 Å². The molecule has 0 radical (unpaired) electrons. The maximum Gasteiger partial charge on any atom is 0.326 e. The van der Waals surface area contributed by atoms with Crippen molar-refractivity contribution < 1.29 is 24.3 Å². The summed E-state index contributed by atoms with van der Waals surface area (Å²) in [6.07, 6.45) is 1.31. The highest BCUT2D eigenvalue weighted by molar-refractivity contribution is 5.98. The average molecular weight is 576 g/mol. The van der Waals surface area contributed by atoms with E-state index in [9.17, 15) is 29.1 Å². The second-order valence-electron chi connectivity index (χ2n) is 11.6. The molecule has 0 aliphatic carbocycles. The number of hydrogen-bond acceptors (Lipinski definition) is 7. The molecule has 2 aliphatic rings. The summed E-state index contributed by atoms with van der Waals surface area (Å²) < 4.78 is 1.14. The zero-order chi connectivity index (χ0) is 30.3. The Morgan fingerprint density at radius 3 is 2.43 bits per heavy atom. The second kappa shape index (κ2) is 10.9. The maximum absolute atomic E-state index is 13.6. The summed E-state index contributed by atoms with van der Waals surface area (Å²) in [7, 11) is 0. The van der Waals surface area contributed by atoms with Gasteiger partial charge in [-0.25, -0.2) is 19.6 Å². The van der Waals surface area contributed by atoms with E-state index in [4.69, 9.17) is 0 Å². The monoisotopic (exact) mass is 575 g/mol. The van der Waals surface area contributed by atoms with Crippen molar-refractivity contribution in [2.24, 2.45) is 5.41 Å². The lowest BCUT2D eigenvalue weighted by Crippen LogP contribution is -2.56. The van der Waals surface area contributed by atoms with Crippen LogP contribution in [-0.2, 0) is 22.7 Å². The number of carboxylic acids is 1. The molecule has 3 aromatic rings. The van der Waals surface area contributed by atoms with Crippen LogP contribution < -0.4 is 15.8 Å². The van der Waals surface area contributed by atoms with Crippen LogP contribution in [0.5, 0.6) is 0 Å². The van der Waals surface area contributed by atoms with E-state index in [0.717, 1.165) is 15.7 Å². The highest BCUT2D eigenvalue weighted by atomic mass is 16.4. The molecule has 2 aromatic heterocycles. The molecule has 1 aromatic carbocycles. The Bertz CT molecular complexity index is 1640. The van der Waals surface area contributed by atoms with Crippen LogP contribution in [0.15, 0.2) is 41.3 Å². The van der Waals surface area contributed by atoms with Gasteiger partial charge < -0.3 is 20.2 Å². The molecule has 4 heterocycles. The Morgan fingerprint density at radius 2 is 1.79 bits per heavy atom. The van der Waals surface area contributed by atoms with E-state index >= 15 is 0 Å². The summed E-state index contributed by atoms with van der Waals surface area (Å²) in [6, 6.07) is 7.33. The van der Waals surface area contributed by atoms with E-state index in [1.54, 1.807) is 4.90 Å². The highest BCUT2D eigenvalue weighted by Gasteiger charge is 2.38. The minimum atomic E-state index is -1.13. The number of amides is 4. The largest absolute Gasteiger partial charge is 0.480 e. The van der Waals surface area contributed by atoms with Gasteiger partial charge in [0.15, 0.2) is 11.5 Å². The fraction of sp³-hybridized carbons (Fsp3) is 0.414. The van der Waals surface area contributed by atoms with E-state index in [0.29, 0.717) is 13.1 Å². The number of nitrogens with one attached hydrogen (secondary N) is 1. The number of anilines is 1. The van der Waals surface area contributed by atoms with Crippen molar-refractivity contribution in [1.82, 2.24) is 29.7 Å². The molecule has 13 heteroatoms. The van der Waals surface area contributed by atoms with Crippen LogP contribution in [0, 0.1) is 12.3 Å². The predicted molar refractivity (Wildman–Crippen MR) is 153 cm³/mol. The molecule has 0 bridgehead atoms. The van der Waals surface area contributed by atoms with Gasteiger partial charge in [0, 0.05) is 32.7 Å². The number of aliphatic carboxylic acids is 1. The van der Waals surface area contributed by atoms with Gasteiger partial charge in [-0.1, -0.05) is 43.7 Å². The van der Waals surface area contributed by atoms with Crippen LogP contribution in [0.25, 0.3) is 11.2 Å². The van der Waals surface area contributed by atoms with Crippen molar-refractivity contribution in [3.8, 4) is 0 Å². The zero-order valence-corrected chi connectivity index (χ0v) is 24.0. The fourth-order valence-corrected chi connectivity index (χ4v) is 5.21. The van der Waals surface area contributed by atoms with Gasteiger partial charge in [-0.2, -0.15) is 0 Å². The molecule has 0 saturated carbocycles. The lowest BCUT2D eigenvalue weighted by Gasteiger charge is -2.45. The van der Waals surface area contributed by atoms with Crippen molar-refractivity contribution in [1.29, 1.82) is 0 Å². The number of likely N-dealkylation sites (tertiary alicyclic amines) is 1. The summed E-state index contributed by atoms with van der Waals surface area (Å²) in [4.78, 5) is 77.4. The SMILES string of the molecule is Cc1ccc(CNC(=O)c2cc3nc(N4CCN(C(C)C(=O)O)C4=O)cnc3n(CC(=O)N3CC(C)(C)C3)c2=O)cc1. The van der Waals surface area contributed by atoms with Gasteiger partial charge in [0.25, 0.3) is 11.5 Å². The van der Waals surface area contributed by atoms with E-state index in [1.807, 2.05) is 45.0 Å². The lowest BCUT2D eigenvalue weighted by atomic mass is 9.84. The average Bonchev–Trinajstić information content (AvgIpc) is 3.32. The minimum absolute atomic E-state index is 0.0105. The number of urea groups is 1. The summed E-state index contributed by atoms with van der Waals surface area (Å²) in [5.41, 5.74) is 1.24. The normalized spacial score (nSPS) is 16.9. The number of carbonyl (C=O) groups excluding carboxylic acids is 3. The van der Waals surface area contributed by atoms with Crippen LogP contribution in [-0.4, -0.2) is 85.5 Å². The Kier molecular flexibility index (Phi) is 7.43. The Hall–Kier alpha value is -4.81. The van der Waals surface area contributed by atoms with E-state index in [-0.39, 0.29) is 60.0 Å². The molecule has 2 aliphatic heterocycles. The second-order valence-corrected chi connectivity index (χ2v) is 11.6. The quantitative estimate of drug-likeness (QED) is 0.410. The van der Waals surface area contributed by atoms with Crippen LogP contribution in [0.2, 0.25) is 0 Å². The number of nitrogens with zero attached hydrogens (tertiary/aromatic N) is 6. The highest BCUT2D eigenvalue weighted by Crippen LogP contribution is 2.29. The Balaban J connectivity index is 1.49. The number of pyridine rings is 1. The number of aryl methyl sites for hydroxylation is 1. The van der Waals surface area contributed by atoms with Crippen molar-refractivity contribution in [3.63, 3.8) is 0 Å². The number of aromatic nitrogens is 3. The van der Waals surface area contributed by atoms with Crippen LogP contribution in [0.4, 0.5) is 10.6 Å². The number of fused-ring (bicyclic) bond motifs is 1. The first kappa shape index (κ1) is 28.7. The van der Waals surface area contributed by atoms with Gasteiger partial charge in [0.2, 0.25) is 5.91 Å². The summed E-state index contributed by atoms with van der Waals surface area (Å²) in [5.74, 6) is -1.91. The van der Waals surface area contributed by atoms with Crippen LogP contribution in [0.1, 0.15) is 42.3 Å². The molecule has 4 amide bonds. The van der Waals surface area contributed by atoms with Gasteiger partial charge in [-0.05, 0) is 30.9 Å². The topological polar surface area (TPSA) is 158 Å². The molecule has 5 rings (SSSR count). The first-order valence-corrected chi connectivity index (χ1v) is 13.7. The third kappa shape index (κ3) is 5.54. The maximum atomic E-state index is 13.6. The number of benzene rings is 1. The molecule has 2 fully saturated rings. The minimum Gasteiger partial charge on any atom is -0.480 e. The number of rotatable bonds is 8. The van der Waals surface area contributed by atoms with Gasteiger partial charge in [-0.3, -0.25) is 23.9 Å². The smallest absolute Gasteiger partial charge is 0.326 e. The summed E-state index contributed by atoms with van der Waals surface area (Å²) in [5, 5.41) is 12.1. The van der Waals surface area contributed by atoms with Crippen LogP contribution in [0.3, 0.4) is 0 Å². The number of carboxylic acid groups (broad SMARTS) is 1. The van der Waals surface area contributed by atoms with Crippen molar-refractivity contribution in [2.75, 3.05) is 31.1 Å². The molecule has 0 spiro atoms. The van der Waals surface area contributed by atoms with Crippen molar-refractivity contribution >= 4 is 40.8 Å². The van der Waals surface area contributed by atoms with Gasteiger partial charge in [-0.15, -0.1) is 0 Å². The molecule has 2 N–H and O–H groups in total. The molecule has 1 atom stereocenters. The lowest BCUT2D eigenvalue weighted by molar-refractivity contribution is -0.142. The molecule has 220 valence electrons. The van der Waals surface area contributed by atoms with Gasteiger partial charge in [0.05, 0.1) is 6.20 Å². The van der Waals surface area contributed by atoms with E-state index in [1.165, 1.54) is 29.0 Å². The van der Waals surface area contributed by atoms with E-state index in [2.05, 4.69) is 15.3 Å². The molecule has 13 nitrogen and oxygen atoms in total. The molecule has 2 saturated heterocycles. The molecular weight excluding hydrogens is 542 g/mol. The zero-order valence-electron chi connectivity index (χ0n) is 24.0. The Morgan fingerprint density at radius 1 is 1.10 bits per heavy atom. The summed E-state index contributed by atoms with van der Waals surface area (Å²) >= 11 is 0. The number of carbonyl (C=O) groups is 4. The van der Waals surface area contributed by atoms with Crippen molar-refractivity contribution in [2.45, 2.75) is 46.8 Å². The third-order valence-corrected chi connectivity index (χ3v) is 7.62. The Labute approximate surface area is 241 Å². The molecule has 42 heavy (non-hydrogen) atoms. The molecule has 1 unspecified atom stereocenters. The third-order valence-electron chi connectivity index (χ3n) is 7.62. The first-order chi connectivity index (χ1) is 19.8. The predicted octanol–water partition coefficient (Wildman–Crippen LogP) is 1.61. The van der Waals surface area contributed by atoms with E-state index < -0.39 is 29.5 Å². The first-order valence-electron chi connectivity index (χ1n) is 13.7. The van der Waals surface area contributed by atoms with Gasteiger partial charge in [0.1, 0.15) is 23.7 Å². The van der Waals surface area contributed by atoms with Gasteiger partial charge >= 0.3 is 12.0 Å². The standard InChI is InChI=1S/C29H33N7O6/c1-17-5-7-19(8-6-17)12-31-25(38)20-11-21-24(36(26(20)39)14-23(37)33-15-29(3,4)16-33)30-13-22(32-21)35-10-9-34(28(35)42)18(2)27(40)41/h5-8,11,13,18H,9-10,12,14-16H2,1-4H3,(H,31,38)(H,40,41). The number of hydrogen-bond donors (Lipinski definition) is 2. The summed E-state index contributed by atoms with van der Waals surface area (Å²) in [6.45, 7) is 8.78. The fourth-order valence-electron chi connectivity index (χ4n) is 5.21. The van der Waals surface area contributed by atoms with Crippen LogP contribution >= 0.6 is 0 Å². The molecular formula is C29H33N7O6.